The van der Waals surface area contributed by atoms with Crippen molar-refractivity contribution in [1.82, 2.24) is 9.78 Å². The van der Waals surface area contributed by atoms with E-state index >= 15 is 0 Å². The number of carbonyl (C=O) groups excluding carboxylic acids is 1. The number of nitrogens with zero attached hydrogens (tertiary/aromatic N) is 2. The Morgan fingerprint density at radius 1 is 1.11 bits per heavy atom. The smallest absolute Gasteiger partial charge is 0.276 e. The molecule has 0 saturated carbocycles. The molecule has 0 aliphatic carbocycles. The van der Waals surface area contributed by atoms with Crippen LogP contribution in [0.15, 0.2) is 36.5 Å². The number of nitrogens with one attached hydrogen (secondary N) is 1. The molecule has 3 rings (SSSR count). The third-order valence-electron chi connectivity index (χ3n) is 4.14. The van der Waals surface area contributed by atoms with Crippen LogP contribution in [-0.4, -0.2) is 15.7 Å². The number of amides is 1. The maximum absolute atomic E-state index is 13.6. The van der Waals surface area contributed by atoms with Crippen LogP contribution in [0.1, 0.15) is 21.6 Å². The van der Waals surface area contributed by atoms with E-state index in [2.05, 4.69) is 10.4 Å². The lowest BCUT2D eigenvalue weighted by Gasteiger charge is -2.10. The molecular formula is C19H15F4N3O2. The zero-order valence-corrected chi connectivity index (χ0v) is 14.9. The van der Waals surface area contributed by atoms with Gasteiger partial charge < -0.3 is 10.1 Å². The normalized spacial score (nSPS) is 10.8. The maximum atomic E-state index is 13.6. The topological polar surface area (TPSA) is 56.2 Å². The van der Waals surface area contributed by atoms with Crippen molar-refractivity contribution in [3.8, 4) is 5.75 Å². The predicted octanol–water partition coefficient (Wildman–Crippen LogP) is 4.35. The fourth-order valence-corrected chi connectivity index (χ4v) is 2.44. The van der Waals surface area contributed by atoms with Crippen LogP contribution in [0, 0.1) is 37.1 Å². The summed E-state index contributed by atoms with van der Waals surface area (Å²) in [6, 6.07) is 6.89. The van der Waals surface area contributed by atoms with E-state index in [1.165, 1.54) is 12.3 Å². The summed E-state index contributed by atoms with van der Waals surface area (Å²) >= 11 is 0. The van der Waals surface area contributed by atoms with Crippen LogP contribution in [0.5, 0.6) is 5.75 Å². The van der Waals surface area contributed by atoms with Crippen molar-refractivity contribution < 1.29 is 27.1 Å². The molecule has 146 valence electrons. The molecule has 0 fully saturated rings. The average Bonchev–Trinajstić information content (AvgIpc) is 3.13. The first-order valence-corrected chi connectivity index (χ1v) is 8.14. The molecule has 1 heterocycles. The second-order valence-electron chi connectivity index (χ2n) is 6.01. The molecule has 9 heteroatoms. The molecule has 5 nitrogen and oxygen atoms in total. The molecule has 0 aliphatic heterocycles. The van der Waals surface area contributed by atoms with E-state index in [0.29, 0.717) is 5.69 Å². The average molecular weight is 393 g/mol. The van der Waals surface area contributed by atoms with Crippen molar-refractivity contribution in [1.29, 1.82) is 0 Å². The second kappa shape index (κ2) is 7.71. The number of anilines is 1. The molecule has 0 atom stereocenters. The summed E-state index contributed by atoms with van der Waals surface area (Å²) in [4.78, 5) is 12.3. The Hall–Kier alpha value is -3.36. The van der Waals surface area contributed by atoms with Gasteiger partial charge in [-0.25, -0.2) is 13.5 Å². The Morgan fingerprint density at radius 3 is 2.46 bits per heavy atom. The van der Waals surface area contributed by atoms with E-state index in [0.717, 1.165) is 15.8 Å². The lowest BCUT2D eigenvalue weighted by Crippen LogP contribution is -2.15. The van der Waals surface area contributed by atoms with E-state index in [-0.39, 0.29) is 11.8 Å². The minimum atomic E-state index is -1.65. The van der Waals surface area contributed by atoms with Crippen molar-refractivity contribution in [2.24, 2.45) is 0 Å². The number of aromatic nitrogens is 2. The van der Waals surface area contributed by atoms with Gasteiger partial charge in [-0.15, -0.1) is 0 Å². The highest BCUT2D eigenvalue weighted by Crippen LogP contribution is 2.26. The summed E-state index contributed by atoms with van der Waals surface area (Å²) in [5.74, 6) is -8.17. The molecule has 0 saturated heterocycles. The number of aryl methyl sites for hydroxylation is 1. The quantitative estimate of drug-likeness (QED) is 0.518. The van der Waals surface area contributed by atoms with E-state index in [9.17, 15) is 22.4 Å². The third-order valence-corrected chi connectivity index (χ3v) is 4.14. The molecule has 0 aliphatic rings. The fraction of sp³-hybridized carbons (Fsp3) is 0.158. The van der Waals surface area contributed by atoms with Crippen LogP contribution in [0.4, 0.5) is 23.2 Å². The highest BCUT2D eigenvalue weighted by atomic mass is 19.2. The molecule has 1 aromatic heterocycles. The summed E-state index contributed by atoms with van der Waals surface area (Å²) in [5, 5.41) is 6.64. The van der Waals surface area contributed by atoms with E-state index in [4.69, 9.17) is 4.74 Å². The summed E-state index contributed by atoms with van der Waals surface area (Å²) in [6.45, 7) is 3.21. The SMILES string of the molecule is Cc1cccc(NC(=O)c2ccn(COc3c(F)c(F)cc(F)c3F)n2)c1C. The van der Waals surface area contributed by atoms with Crippen molar-refractivity contribution in [2.75, 3.05) is 5.32 Å². The van der Waals surface area contributed by atoms with Gasteiger partial charge in [-0.3, -0.25) is 4.79 Å². The van der Waals surface area contributed by atoms with Crippen LogP contribution in [0.2, 0.25) is 0 Å². The minimum absolute atomic E-state index is 0.0240. The van der Waals surface area contributed by atoms with Crippen molar-refractivity contribution in [2.45, 2.75) is 20.6 Å². The van der Waals surface area contributed by atoms with Gasteiger partial charge >= 0.3 is 0 Å². The zero-order chi connectivity index (χ0) is 20.4. The summed E-state index contributed by atoms with van der Waals surface area (Å²) < 4.78 is 59.4. The van der Waals surface area contributed by atoms with E-state index < -0.39 is 41.7 Å². The van der Waals surface area contributed by atoms with E-state index in [1.54, 1.807) is 12.1 Å². The van der Waals surface area contributed by atoms with Crippen molar-refractivity contribution in [3.63, 3.8) is 0 Å². The molecular weight excluding hydrogens is 378 g/mol. The lowest BCUT2D eigenvalue weighted by molar-refractivity contribution is 0.102. The largest absolute Gasteiger partial charge is 0.465 e. The Bertz CT molecular complexity index is 1020. The first-order valence-electron chi connectivity index (χ1n) is 8.14. The van der Waals surface area contributed by atoms with Gasteiger partial charge in [0, 0.05) is 18.0 Å². The Kier molecular flexibility index (Phi) is 5.34. The monoisotopic (exact) mass is 393 g/mol. The van der Waals surface area contributed by atoms with Crippen molar-refractivity contribution in [3.05, 3.63) is 76.6 Å². The second-order valence-corrected chi connectivity index (χ2v) is 6.01. The molecule has 0 spiro atoms. The van der Waals surface area contributed by atoms with Crippen molar-refractivity contribution >= 4 is 11.6 Å². The number of rotatable bonds is 5. The molecule has 1 amide bonds. The number of carbonyl (C=O) groups is 1. The summed E-state index contributed by atoms with van der Waals surface area (Å²) in [7, 11) is 0. The number of hydrogen-bond acceptors (Lipinski definition) is 3. The summed E-state index contributed by atoms with van der Waals surface area (Å²) in [5.41, 5.74) is 2.55. The Labute approximate surface area is 157 Å². The standard InChI is InChI=1S/C19H15F4N3O2/c1-10-4-3-5-14(11(10)2)24-19(27)15-6-7-26(25-15)9-28-18-16(22)12(20)8-13(21)17(18)23/h3-8H,9H2,1-2H3,(H,24,27). The third kappa shape index (κ3) is 3.83. The number of ether oxygens (including phenoxy) is 1. The number of benzene rings is 2. The Morgan fingerprint density at radius 2 is 1.79 bits per heavy atom. The zero-order valence-electron chi connectivity index (χ0n) is 14.9. The number of halogens is 4. The highest BCUT2D eigenvalue weighted by molar-refractivity contribution is 6.03. The molecule has 0 radical (unpaired) electrons. The van der Waals surface area contributed by atoms with Gasteiger partial charge in [-0.1, -0.05) is 12.1 Å². The first-order chi connectivity index (χ1) is 13.3. The van der Waals surface area contributed by atoms with Crippen LogP contribution < -0.4 is 10.1 Å². The summed E-state index contributed by atoms with van der Waals surface area (Å²) in [6.07, 6.45) is 1.32. The van der Waals surface area contributed by atoms with Gasteiger partial charge in [0.1, 0.15) is 0 Å². The number of hydrogen-bond donors (Lipinski definition) is 1. The molecule has 3 aromatic rings. The Balaban J connectivity index is 1.71. The fourth-order valence-electron chi connectivity index (χ4n) is 2.44. The van der Waals surface area contributed by atoms with Gasteiger partial charge in [-0.2, -0.15) is 13.9 Å². The first kappa shape index (κ1) is 19.4. The van der Waals surface area contributed by atoms with Gasteiger partial charge in [0.15, 0.2) is 29.8 Å². The van der Waals surface area contributed by atoms with Crippen LogP contribution in [0.25, 0.3) is 0 Å². The molecule has 1 N–H and O–H groups in total. The minimum Gasteiger partial charge on any atom is -0.465 e. The van der Waals surface area contributed by atoms with Gasteiger partial charge in [0.2, 0.25) is 11.6 Å². The molecule has 2 aromatic carbocycles. The van der Waals surface area contributed by atoms with Gasteiger partial charge in [0.05, 0.1) is 0 Å². The lowest BCUT2D eigenvalue weighted by atomic mass is 10.1. The highest BCUT2D eigenvalue weighted by Gasteiger charge is 2.21. The van der Waals surface area contributed by atoms with Crippen LogP contribution in [0.3, 0.4) is 0 Å². The van der Waals surface area contributed by atoms with Gasteiger partial charge in [0.25, 0.3) is 5.91 Å². The predicted molar refractivity (Wildman–Crippen MR) is 93.0 cm³/mol. The molecule has 28 heavy (non-hydrogen) atoms. The molecule has 0 unspecified atom stereocenters. The molecule has 0 bridgehead atoms. The van der Waals surface area contributed by atoms with Crippen LogP contribution >= 0.6 is 0 Å². The van der Waals surface area contributed by atoms with Crippen LogP contribution in [-0.2, 0) is 6.73 Å². The maximum Gasteiger partial charge on any atom is 0.276 e. The van der Waals surface area contributed by atoms with Gasteiger partial charge in [-0.05, 0) is 37.1 Å². The van der Waals surface area contributed by atoms with E-state index in [1.807, 2.05) is 19.9 Å².